The molecule has 1 unspecified atom stereocenters. The number of H-pyrrole nitrogens is 1. The average Bonchev–Trinajstić information content (AvgIpc) is 3.10. The van der Waals surface area contributed by atoms with Gasteiger partial charge in [0, 0.05) is 41.3 Å². The van der Waals surface area contributed by atoms with E-state index in [2.05, 4.69) is 20.6 Å². The summed E-state index contributed by atoms with van der Waals surface area (Å²) in [6.07, 6.45) is 3.40. The molecule has 0 spiro atoms. The highest BCUT2D eigenvalue weighted by molar-refractivity contribution is 14.0. The van der Waals surface area contributed by atoms with E-state index in [4.69, 9.17) is 11.6 Å². The van der Waals surface area contributed by atoms with Gasteiger partial charge in [-0.25, -0.2) is 8.42 Å². The second-order valence-electron chi connectivity index (χ2n) is 6.26. The number of benzene rings is 1. The number of fused-ring (bicyclic) bond motifs is 1. The normalized spacial score (nSPS) is 19.3. The maximum atomic E-state index is 11.6. The van der Waals surface area contributed by atoms with E-state index in [1.165, 1.54) is 5.56 Å². The van der Waals surface area contributed by atoms with E-state index < -0.39 is 9.84 Å². The fourth-order valence-corrected chi connectivity index (χ4v) is 4.91. The highest BCUT2D eigenvalue weighted by Crippen LogP contribution is 2.22. The number of nitrogens with one attached hydrogen (secondary N) is 3. The van der Waals surface area contributed by atoms with Gasteiger partial charge in [-0.15, -0.1) is 24.0 Å². The minimum absolute atomic E-state index is 0. The van der Waals surface area contributed by atoms with Crippen LogP contribution in [0.3, 0.4) is 0 Å². The third kappa shape index (κ3) is 5.50. The largest absolute Gasteiger partial charge is 0.361 e. The van der Waals surface area contributed by atoms with E-state index >= 15 is 0 Å². The molecule has 2 heterocycles. The Morgan fingerprint density at radius 1 is 1.42 bits per heavy atom. The van der Waals surface area contributed by atoms with Crippen LogP contribution in [0.25, 0.3) is 10.9 Å². The van der Waals surface area contributed by atoms with Gasteiger partial charge in [0.25, 0.3) is 0 Å². The van der Waals surface area contributed by atoms with Crippen LogP contribution in [-0.2, 0) is 16.3 Å². The minimum Gasteiger partial charge on any atom is -0.361 e. The van der Waals surface area contributed by atoms with Gasteiger partial charge in [0.05, 0.1) is 11.5 Å². The molecule has 26 heavy (non-hydrogen) atoms. The van der Waals surface area contributed by atoms with Crippen molar-refractivity contribution in [3.63, 3.8) is 0 Å². The van der Waals surface area contributed by atoms with Crippen molar-refractivity contribution in [1.82, 2.24) is 15.6 Å². The number of rotatable bonds is 5. The first-order valence-corrected chi connectivity index (χ1v) is 10.7. The first kappa shape index (κ1) is 21.3. The van der Waals surface area contributed by atoms with Gasteiger partial charge in [0.15, 0.2) is 15.8 Å². The van der Waals surface area contributed by atoms with Crippen LogP contribution in [-0.4, -0.2) is 50.0 Å². The molecule has 2 aromatic rings. The summed E-state index contributed by atoms with van der Waals surface area (Å²) >= 11 is 6.08. The van der Waals surface area contributed by atoms with Gasteiger partial charge in [0.1, 0.15) is 0 Å². The van der Waals surface area contributed by atoms with Gasteiger partial charge in [-0.05, 0) is 43.5 Å². The number of aromatic amines is 1. The number of hydrogen-bond donors (Lipinski definition) is 3. The molecule has 0 bridgehead atoms. The number of sulfone groups is 1. The molecule has 0 saturated carbocycles. The van der Waals surface area contributed by atoms with Crippen molar-refractivity contribution in [3.8, 4) is 0 Å². The Balaban J connectivity index is 0.00000243. The van der Waals surface area contributed by atoms with Crippen LogP contribution in [0.5, 0.6) is 0 Å². The molecule has 1 aliphatic heterocycles. The summed E-state index contributed by atoms with van der Waals surface area (Å²) in [5, 5.41) is 8.24. The zero-order chi connectivity index (χ0) is 17.9. The molecule has 3 rings (SSSR count). The fraction of sp³-hybridized carbons (Fsp3) is 0.471. The second-order valence-corrected chi connectivity index (χ2v) is 8.92. The first-order chi connectivity index (χ1) is 12.0. The topological polar surface area (TPSA) is 86.3 Å². The van der Waals surface area contributed by atoms with Crippen LogP contribution >= 0.6 is 35.6 Å². The van der Waals surface area contributed by atoms with Crippen LogP contribution in [0.15, 0.2) is 29.4 Å². The molecule has 1 saturated heterocycles. The lowest BCUT2D eigenvalue weighted by Crippen LogP contribution is -2.44. The van der Waals surface area contributed by atoms with Crippen LogP contribution < -0.4 is 10.6 Å². The molecule has 0 radical (unpaired) electrons. The van der Waals surface area contributed by atoms with Gasteiger partial charge in [-0.2, -0.15) is 0 Å². The van der Waals surface area contributed by atoms with Crippen molar-refractivity contribution in [1.29, 1.82) is 0 Å². The Hall–Kier alpha value is -1.000. The maximum Gasteiger partial charge on any atom is 0.191 e. The summed E-state index contributed by atoms with van der Waals surface area (Å²) in [6, 6.07) is 5.73. The molecule has 9 heteroatoms. The quantitative estimate of drug-likeness (QED) is 0.328. The van der Waals surface area contributed by atoms with E-state index in [0.29, 0.717) is 23.9 Å². The molecular formula is C17H24ClIN4O2S. The summed E-state index contributed by atoms with van der Waals surface area (Å²) < 4.78 is 23.2. The number of halogens is 2. The zero-order valence-electron chi connectivity index (χ0n) is 14.6. The molecule has 0 aliphatic carbocycles. The maximum absolute atomic E-state index is 11.6. The van der Waals surface area contributed by atoms with Crippen molar-refractivity contribution in [2.75, 3.05) is 24.6 Å². The number of guanidine groups is 1. The van der Waals surface area contributed by atoms with Gasteiger partial charge >= 0.3 is 0 Å². The standard InChI is InChI=1S/C17H23ClN4O2S.HI/c1-2-19-17(22-14-6-8-25(23,24)11-14)20-7-5-12-10-21-16-4-3-13(18)9-15(12)16;/h3-4,9-10,14,21H,2,5-8,11H2,1H3,(H2,19,20,22);1H. The molecule has 1 fully saturated rings. The van der Waals surface area contributed by atoms with Crippen molar-refractivity contribution >= 4 is 62.3 Å². The summed E-state index contributed by atoms with van der Waals surface area (Å²) in [5.41, 5.74) is 2.23. The van der Waals surface area contributed by atoms with Crippen molar-refractivity contribution in [3.05, 3.63) is 35.0 Å². The fourth-order valence-electron chi connectivity index (χ4n) is 3.07. The highest BCUT2D eigenvalue weighted by atomic mass is 127. The molecule has 1 aliphatic rings. The van der Waals surface area contributed by atoms with Crippen LogP contribution in [0.2, 0.25) is 5.02 Å². The average molecular weight is 511 g/mol. The highest BCUT2D eigenvalue weighted by Gasteiger charge is 2.28. The molecule has 1 aromatic heterocycles. The van der Waals surface area contributed by atoms with Crippen LogP contribution in [0, 0.1) is 0 Å². The Kier molecular flexibility index (Phi) is 7.60. The van der Waals surface area contributed by atoms with Crippen LogP contribution in [0.4, 0.5) is 0 Å². The van der Waals surface area contributed by atoms with Gasteiger partial charge in [-0.3, -0.25) is 4.99 Å². The Labute approximate surface area is 176 Å². The summed E-state index contributed by atoms with van der Waals surface area (Å²) in [6.45, 7) is 3.33. The predicted octanol–water partition coefficient (Wildman–Crippen LogP) is 2.72. The Bertz CT molecular complexity index is 882. The zero-order valence-corrected chi connectivity index (χ0v) is 18.5. The van der Waals surface area contributed by atoms with Gasteiger partial charge < -0.3 is 15.6 Å². The lowest BCUT2D eigenvalue weighted by atomic mass is 10.1. The van der Waals surface area contributed by atoms with Crippen molar-refractivity contribution in [2.45, 2.75) is 25.8 Å². The smallest absolute Gasteiger partial charge is 0.191 e. The first-order valence-electron chi connectivity index (χ1n) is 8.47. The Morgan fingerprint density at radius 2 is 2.23 bits per heavy atom. The van der Waals surface area contributed by atoms with E-state index in [1.54, 1.807) is 0 Å². The molecule has 6 nitrogen and oxygen atoms in total. The number of aliphatic imine (C=N–C) groups is 1. The molecule has 1 aromatic carbocycles. The molecule has 3 N–H and O–H groups in total. The van der Waals surface area contributed by atoms with E-state index in [-0.39, 0.29) is 41.5 Å². The SMILES string of the molecule is CCNC(=NCCc1c[nH]c2ccc(Cl)cc12)NC1CCS(=O)(=O)C1.I. The number of aromatic nitrogens is 1. The second kappa shape index (κ2) is 9.27. The summed E-state index contributed by atoms with van der Waals surface area (Å²) in [5.74, 6) is 1.10. The van der Waals surface area contributed by atoms with E-state index in [0.717, 1.165) is 23.9 Å². The molecular weight excluding hydrogens is 487 g/mol. The predicted molar refractivity (Wildman–Crippen MR) is 119 cm³/mol. The number of hydrogen-bond acceptors (Lipinski definition) is 3. The number of nitrogens with zero attached hydrogens (tertiary/aromatic N) is 1. The Morgan fingerprint density at radius 3 is 2.92 bits per heavy atom. The summed E-state index contributed by atoms with van der Waals surface area (Å²) in [4.78, 5) is 7.82. The van der Waals surface area contributed by atoms with Gasteiger partial charge in [-0.1, -0.05) is 11.6 Å². The van der Waals surface area contributed by atoms with Crippen LogP contribution in [0.1, 0.15) is 18.9 Å². The summed E-state index contributed by atoms with van der Waals surface area (Å²) in [7, 11) is -2.90. The van der Waals surface area contributed by atoms with Crippen molar-refractivity contribution in [2.24, 2.45) is 4.99 Å². The molecule has 1 atom stereocenters. The van der Waals surface area contributed by atoms with Gasteiger partial charge in [0.2, 0.25) is 0 Å². The lowest BCUT2D eigenvalue weighted by molar-refractivity contribution is 0.599. The minimum atomic E-state index is -2.90. The van der Waals surface area contributed by atoms with E-state index in [9.17, 15) is 8.42 Å². The monoisotopic (exact) mass is 510 g/mol. The third-order valence-electron chi connectivity index (χ3n) is 4.30. The lowest BCUT2D eigenvalue weighted by Gasteiger charge is -2.15. The third-order valence-corrected chi connectivity index (χ3v) is 6.30. The van der Waals surface area contributed by atoms with Crippen molar-refractivity contribution < 1.29 is 8.42 Å². The molecule has 0 amide bonds. The molecule has 144 valence electrons. The van der Waals surface area contributed by atoms with E-state index in [1.807, 2.05) is 31.3 Å².